The molecular weight excluding hydrogens is 154 g/mol. The average Bonchev–Trinajstić information content (AvgIpc) is 2.02. The topological polar surface area (TPSA) is 49.3 Å². The second-order valence-corrected chi connectivity index (χ2v) is 2.87. The first-order chi connectivity index (χ1) is 5.92. The molecule has 0 unspecified atom stereocenters. The number of anilines is 1. The van der Waals surface area contributed by atoms with E-state index < -0.39 is 0 Å². The fourth-order valence-corrected chi connectivity index (χ4v) is 1.28. The van der Waals surface area contributed by atoms with Crippen LogP contribution in [0.3, 0.4) is 0 Å². The lowest BCUT2D eigenvalue weighted by molar-refractivity contribution is 0.280. The van der Waals surface area contributed by atoms with Gasteiger partial charge in [0.05, 0.1) is 6.61 Å². The lowest BCUT2D eigenvalue weighted by Crippen LogP contribution is -2.38. The summed E-state index contributed by atoms with van der Waals surface area (Å²) in [5.41, 5.74) is 0.817. The summed E-state index contributed by atoms with van der Waals surface area (Å²) < 4.78 is 0. The van der Waals surface area contributed by atoms with Crippen LogP contribution in [0.25, 0.3) is 0 Å². The van der Waals surface area contributed by atoms with E-state index in [1.165, 1.54) is 12.7 Å². The van der Waals surface area contributed by atoms with Crippen LogP contribution in [0.5, 0.6) is 0 Å². The molecule has 0 bridgehead atoms. The standard InChI is InChI=1S/C8H11N3O/c12-5-7-4-9-6-10-8(7)11-2-1-3-11/h4,6,12H,1-3,5H2. The van der Waals surface area contributed by atoms with Crippen LogP contribution in [0.4, 0.5) is 5.82 Å². The molecule has 2 heterocycles. The Hall–Kier alpha value is -1.16. The molecule has 4 heteroatoms. The number of rotatable bonds is 2. The Balaban J connectivity index is 2.27. The molecule has 1 fully saturated rings. The Morgan fingerprint density at radius 2 is 2.33 bits per heavy atom. The Labute approximate surface area is 70.9 Å². The molecule has 0 spiro atoms. The molecule has 0 radical (unpaired) electrons. The summed E-state index contributed by atoms with van der Waals surface area (Å²) in [5, 5.41) is 8.98. The van der Waals surface area contributed by atoms with Crippen LogP contribution in [-0.4, -0.2) is 28.2 Å². The first kappa shape index (κ1) is 7.49. The minimum atomic E-state index is 0.0205. The third-order valence-corrected chi connectivity index (χ3v) is 2.09. The van der Waals surface area contributed by atoms with Crippen molar-refractivity contribution in [3.05, 3.63) is 18.1 Å². The Bertz CT molecular complexity index is 273. The molecule has 1 aromatic heterocycles. The van der Waals surface area contributed by atoms with Gasteiger partial charge in [0.25, 0.3) is 0 Å². The largest absolute Gasteiger partial charge is 0.391 e. The molecule has 0 aromatic carbocycles. The van der Waals surface area contributed by atoms with Crippen LogP contribution in [0.15, 0.2) is 12.5 Å². The fraction of sp³-hybridized carbons (Fsp3) is 0.500. The van der Waals surface area contributed by atoms with Gasteiger partial charge in [-0.2, -0.15) is 0 Å². The van der Waals surface area contributed by atoms with E-state index >= 15 is 0 Å². The zero-order chi connectivity index (χ0) is 8.39. The lowest BCUT2D eigenvalue weighted by Gasteiger charge is -2.32. The quantitative estimate of drug-likeness (QED) is 0.679. The molecule has 1 aliphatic heterocycles. The summed E-state index contributed by atoms with van der Waals surface area (Å²) in [6.45, 7) is 2.11. The van der Waals surface area contributed by atoms with Gasteiger partial charge >= 0.3 is 0 Å². The maximum Gasteiger partial charge on any atom is 0.137 e. The molecule has 1 aromatic rings. The molecular formula is C8H11N3O. The van der Waals surface area contributed by atoms with Gasteiger partial charge in [-0.05, 0) is 6.42 Å². The molecule has 12 heavy (non-hydrogen) atoms. The van der Waals surface area contributed by atoms with Gasteiger partial charge < -0.3 is 10.0 Å². The maximum absolute atomic E-state index is 8.98. The predicted octanol–water partition coefficient (Wildman–Crippen LogP) is 0.179. The van der Waals surface area contributed by atoms with Gasteiger partial charge in [0, 0.05) is 24.8 Å². The van der Waals surface area contributed by atoms with Gasteiger partial charge in [-0.15, -0.1) is 0 Å². The summed E-state index contributed by atoms with van der Waals surface area (Å²) in [6.07, 6.45) is 4.41. The van der Waals surface area contributed by atoms with E-state index in [0.717, 1.165) is 24.5 Å². The molecule has 1 N–H and O–H groups in total. The molecule has 1 saturated heterocycles. The Morgan fingerprint density at radius 3 is 2.92 bits per heavy atom. The molecule has 4 nitrogen and oxygen atoms in total. The van der Waals surface area contributed by atoms with Crippen LogP contribution in [-0.2, 0) is 6.61 Å². The number of nitrogens with zero attached hydrogens (tertiary/aromatic N) is 3. The number of hydrogen-bond donors (Lipinski definition) is 1. The smallest absolute Gasteiger partial charge is 0.137 e. The summed E-state index contributed by atoms with van der Waals surface area (Å²) in [5.74, 6) is 0.888. The van der Waals surface area contributed by atoms with E-state index in [9.17, 15) is 0 Å². The summed E-state index contributed by atoms with van der Waals surface area (Å²) in [4.78, 5) is 10.1. The minimum absolute atomic E-state index is 0.0205. The second-order valence-electron chi connectivity index (χ2n) is 2.87. The van der Waals surface area contributed by atoms with Crippen LogP contribution in [0, 0.1) is 0 Å². The van der Waals surface area contributed by atoms with E-state index in [1.807, 2.05) is 0 Å². The Morgan fingerprint density at radius 1 is 1.50 bits per heavy atom. The van der Waals surface area contributed by atoms with Crippen LogP contribution < -0.4 is 4.90 Å². The third-order valence-electron chi connectivity index (χ3n) is 2.09. The second kappa shape index (κ2) is 3.06. The van der Waals surface area contributed by atoms with Crippen molar-refractivity contribution in [2.45, 2.75) is 13.0 Å². The number of aliphatic hydroxyl groups excluding tert-OH is 1. The fourth-order valence-electron chi connectivity index (χ4n) is 1.28. The van der Waals surface area contributed by atoms with Gasteiger partial charge in [-0.3, -0.25) is 0 Å². The van der Waals surface area contributed by atoms with Crippen molar-refractivity contribution in [1.29, 1.82) is 0 Å². The monoisotopic (exact) mass is 165 g/mol. The van der Waals surface area contributed by atoms with Gasteiger partial charge in [0.15, 0.2) is 0 Å². The maximum atomic E-state index is 8.98. The van der Waals surface area contributed by atoms with Crippen molar-refractivity contribution >= 4 is 5.82 Å². The van der Waals surface area contributed by atoms with Crippen LogP contribution in [0.1, 0.15) is 12.0 Å². The molecule has 1 aliphatic rings. The summed E-state index contributed by atoms with van der Waals surface area (Å²) >= 11 is 0. The molecule has 64 valence electrons. The van der Waals surface area contributed by atoms with Crippen molar-refractivity contribution in [2.75, 3.05) is 18.0 Å². The summed E-state index contributed by atoms with van der Waals surface area (Å²) in [6, 6.07) is 0. The van der Waals surface area contributed by atoms with Gasteiger partial charge in [0.2, 0.25) is 0 Å². The van der Waals surface area contributed by atoms with Crippen molar-refractivity contribution in [2.24, 2.45) is 0 Å². The van der Waals surface area contributed by atoms with Gasteiger partial charge in [-0.25, -0.2) is 9.97 Å². The van der Waals surface area contributed by atoms with Gasteiger partial charge in [-0.1, -0.05) is 0 Å². The summed E-state index contributed by atoms with van der Waals surface area (Å²) in [7, 11) is 0. The predicted molar refractivity (Wildman–Crippen MR) is 44.8 cm³/mol. The third kappa shape index (κ3) is 1.14. The number of aliphatic hydroxyl groups is 1. The Kier molecular flexibility index (Phi) is 1.91. The molecule has 0 atom stereocenters. The first-order valence-corrected chi connectivity index (χ1v) is 4.06. The van der Waals surface area contributed by atoms with E-state index in [0.29, 0.717) is 0 Å². The normalized spacial score (nSPS) is 15.9. The van der Waals surface area contributed by atoms with E-state index in [4.69, 9.17) is 5.11 Å². The first-order valence-electron chi connectivity index (χ1n) is 4.06. The van der Waals surface area contributed by atoms with Crippen molar-refractivity contribution in [1.82, 2.24) is 9.97 Å². The van der Waals surface area contributed by atoms with Crippen molar-refractivity contribution in [3.8, 4) is 0 Å². The highest BCUT2D eigenvalue weighted by atomic mass is 16.3. The number of hydrogen-bond acceptors (Lipinski definition) is 4. The van der Waals surface area contributed by atoms with Gasteiger partial charge in [0.1, 0.15) is 12.1 Å². The zero-order valence-corrected chi connectivity index (χ0v) is 6.77. The highest BCUT2D eigenvalue weighted by molar-refractivity contribution is 5.46. The van der Waals surface area contributed by atoms with Crippen LogP contribution in [0.2, 0.25) is 0 Å². The lowest BCUT2D eigenvalue weighted by atomic mass is 10.2. The molecule has 0 aliphatic carbocycles. The highest BCUT2D eigenvalue weighted by Crippen LogP contribution is 2.20. The van der Waals surface area contributed by atoms with Crippen molar-refractivity contribution in [3.63, 3.8) is 0 Å². The highest BCUT2D eigenvalue weighted by Gasteiger charge is 2.18. The zero-order valence-electron chi connectivity index (χ0n) is 6.77. The SMILES string of the molecule is OCc1cncnc1N1CCC1. The molecule has 2 rings (SSSR count). The van der Waals surface area contributed by atoms with E-state index in [-0.39, 0.29) is 6.61 Å². The molecule has 0 saturated carbocycles. The average molecular weight is 165 g/mol. The number of aromatic nitrogens is 2. The molecule has 0 amide bonds. The van der Waals surface area contributed by atoms with Crippen LogP contribution >= 0.6 is 0 Å². The van der Waals surface area contributed by atoms with E-state index in [1.54, 1.807) is 6.20 Å². The minimum Gasteiger partial charge on any atom is -0.391 e. The van der Waals surface area contributed by atoms with Crippen molar-refractivity contribution < 1.29 is 5.11 Å². The van der Waals surface area contributed by atoms with E-state index in [2.05, 4.69) is 14.9 Å².